The van der Waals surface area contributed by atoms with Crippen molar-refractivity contribution in [3.8, 4) is 0 Å². The number of aldehydes is 1. The van der Waals surface area contributed by atoms with Gasteiger partial charge in [-0.1, -0.05) is 24.3 Å². The zero-order valence-electron chi connectivity index (χ0n) is 17.8. The van der Waals surface area contributed by atoms with E-state index in [0.717, 1.165) is 11.8 Å². The number of amides is 1. The van der Waals surface area contributed by atoms with Crippen LogP contribution in [-0.4, -0.2) is 27.1 Å². The third-order valence-corrected chi connectivity index (χ3v) is 4.70. The number of hydrogen-bond acceptors (Lipinski definition) is 8. The Balaban J connectivity index is 1.40. The van der Waals surface area contributed by atoms with Crippen LogP contribution in [0.25, 0.3) is 0 Å². The molecular weight excluding hydrogens is 437 g/mol. The van der Waals surface area contributed by atoms with Crippen molar-refractivity contribution in [3.63, 3.8) is 0 Å². The second-order valence-electron chi connectivity index (χ2n) is 7.22. The highest BCUT2D eigenvalue weighted by atomic mass is 19.1. The number of aromatic nitrogens is 3. The molecule has 9 nitrogen and oxygen atoms in total. The number of anilines is 5. The highest BCUT2D eigenvalue weighted by Crippen LogP contribution is 2.19. The van der Waals surface area contributed by atoms with Gasteiger partial charge in [-0.25, -0.2) is 4.39 Å². The van der Waals surface area contributed by atoms with E-state index < -0.39 is 0 Å². The molecule has 5 N–H and O–H groups in total. The number of halogens is 1. The molecule has 4 aromatic rings. The van der Waals surface area contributed by atoms with E-state index in [1.807, 2.05) is 0 Å². The molecular formula is C24H20FN7O2. The second kappa shape index (κ2) is 10.2. The maximum absolute atomic E-state index is 13.0. The van der Waals surface area contributed by atoms with Crippen LogP contribution in [0.15, 0.2) is 72.8 Å². The smallest absolute Gasteiger partial charge is 0.251 e. The van der Waals surface area contributed by atoms with E-state index in [4.69, 9.17) is 5.73 Å². The third-order valence-electron chi connectivity index (χ3n) is 4.70. The standard InChI is InChI=1S/C24H20FN7O2/c25-18-8-4-15(5-9-18)13-27-21(34)17-6-10-19(11-7-17)28-23-30-22(26)31-24(32-23)29-20-3-1-2-16(12-20)14-33/h1-12,14H,13H2,(H,27,34)(H4,26,28,29,30,31,32). The Bertz CT molecular complexity index is 1310. The van der Waals surface area contributed by atoms with Gasteiger partial charge in [0, 0.05) is 29.0 Å². The molecule has 4 rings (SSSR count). The summed E-state index contributed by atoms with van der Waals surface area (Å²) in [6.45, 7) is 0.286. The van der Waals surface area contributed by atoms with Crippen LogP contribution < -0.4 is 21.7 Å². The molecule has 0 fully saturated rings. The van der Waals surface area contributed by atoms with E-state index in [-0.39, 0.29) is 36.1 Å². The van der Waals surface area contributed by atoms with Crippen molar-refractivity contribution in [2.45, 2.75) is 6.54 Å². The molecule has 0 unspecified atom stereocenters. The summed E-state index contributed by atoms with van der Waals surface area (Å²) in [5, 5.41) is 8.79. The van der Waals surface area contributed by atoms with E-state index in [9.17, 15) is 14.0 Å². The molecule has 0 saturated carbocycles. The molecule has 0 aliphatic carbocycles. The van der Waals surface area contributed by atoms with Crippen molar-refractivity contribution < 1.29 is 14.0 Å². The fourth-order valence-corrected chi connectivity index (χ4v) is 3.04. The molecule has 0 aliphatic heterocycles. The monoisotopic (exact) mass is 457 g/mol. The first-order valence-electron chi connectivity index (χ1n) is 10.2. The van der Waals surface area contributed by atoms with Crippen LogP contribution in [0.4, 0.5) is 33.6 Å². The fourth-order valence-electron chi connectivity index (χ4n) is 3.04. The molecule has 0 radical (unpaired) electrons. The predicted molar refractivity (Wildman–Crippen MR) is 127 cm³/mol. The summed E-state index contributed by atoms with van der Waals surface area (Å²) < 4.78 is 13.0. The summed E-state index contributed by atoms with van der Waals surface area (Å²) in [5.41, 5.74) is 8.82. The van der Waals surface area contributed by atoms with Gasteiger partial charge in [0.1, 0.15) is 12.1 Å². The number of nitrogens with one attached hydrogen (secondary N) is 3. The SMILES string of the molecule is Nc1nc(Nc2ccc(C(=O)NCc3ccc(F)cc3)cc2)nc(Nc2cccc(C=O)c2)n1. The number of benzene rings is 3. The first-order valence-corrected chi connectivity index (χ1v) is 10.2. The lowest BCUT2D eigenvalue weighted by atomic mass is 10.1. The molecule has 170 valence electrons. The molecule has 1 amide bonds. The van der Waals surface area contributed by atoms with Crippen LogP contribution in [0.1, 0.15) is 26.3 Å². The summed E-state index contributed by atoms with van der Waals surface area (Å²) in [6.07, 6.45) is 0.743. The van der Waals surface area contributed by atoms with Gasteiger partial charge >= 0.3 is 0 Å². The van der Waals surface area contributed by atoms with Gasteiger partial charge in [0.05, 0.1) is 0 Å². The Kier molecular flexibility index (Phi) is 6.68. The Hall–Kier alpha value is -4.86. The number of hydrogen-bond donors (Lipinski definition) is 4. The van der Waals surface area contributed by atoms with E-state index >= 15 is 0 Å². The minimum Gasteiger partial charge on any atom is -0.368 e. The van der Waals surface area contributed by atoms with Crippen molar-refractivity contribution in [1.29, 1.82) is 0 Å². The third kappa shape index (κ3) is 5.88. The molecule has 3 aromatic carbocycles. The number of nitrogen functional groups attached to an aromatic ring is 1. The Morgan fingerprint density at radius 3 is 2.24 bits per heavy atom. The van der Waals surface area contributed by atoms with Gasteiger partial charge in [0.2, 0.25) is 17.8 Å². The van der Waals surface area contributed by atoms with Crippen molar-refractivity contribution in [1.82, 2.24) is 20.3 Å². The van der Waals surface area contributed by atoms with Gasteiger partial charge in [-0.05, 0) is 54.1 Å². The molecule has 0 aliphatic rings. The fraction of sp³-hybridized carbons (Fsp3) is 0.0417. The van der Waals surface area contributed by atoms with Gasteiger partial charge in [0.15, 0.2) is 0 Å². The zero-order chi connectivity index (χ0) is 23.9. The van der Waals surface area contributed by atoms with Gasteiger partial charge in [0.25, 0.3) is 5.91 Å². The molecule has 10 heteroatoms. The van der Waals surface area contributed by atoms with Crippen LogP contribution in [0.3, 0.4) is 0 Å². The summed E-state index contributed by atoms with van der Waals surface area (Å²) in [7, 11) is 0. The highest BCUT2D eigenvalue weighted by Gasteiger charge is 2.08. The van der Waals surface area contributed by atoms with Gasteiger partial charge in [-0.3, -0.25) is 9.59 Å². The molecule has 0 atom stereocenters. The first-order chi connectivity index (χ1) is 16.5. The second-order valence-corrected chi connectivity index (χ2v) is 7.22. The maximum Gasteiger partial charge on any atom is 0.251 e. The van der Waals surface area contributed by atoms with Crippen LogP contribution in [0.2, 0.25) is 0 Å². The highest BCUT2D eigenvalue weighted by molar-refractivity contribution is 5.94. The van der Waals surface area contributed by atoms with Gasteiger partial charge < -0.3 is 21.7 Å². The maximum atomic E-state index is 13.0. The Morgan fingerprint density at radius 2 is 1.56 bits per heavy atom. The van der Waals surface area contributed by atoms with Crippen LogP contribution in [0, 0.1) is 5.82 Å². The molecule has 1 heterocycles. The van der Waals surface area contributed by atoms with Crippen molar-refractivity contribution >= 4 is 41.4 Å². The van der Waals surface area contributed by atoms with Crippen molar-refractivity contribution in [3.05, 3.63) is 95.3 Å². The van der Waals surface area contributed by atoms with Gasteiger partial charge in [-0.15, -0.1) is 0 Å². The average molecular weight is 457 g/mol. The summed E-state index contributed by atoms with van der Waals surface area (Å²) in [5.74, 6) is -0.175. The van der Waals surface area contributed by atoms with Crippen molar-refractivity contribution in [2.24, 2.45) is 0 Å². The first kappa shape index (κ1) is 22.3. The summed E-state index contributed by atoms with van der Waals surface area (Å²) >= 11 is 0. The zero-order valence-corrected chi connectivity index (χ0v) is 17.8. The van der Waals surface area contributed by atoms with Crippen LogP contribution in [-0.2, 0) is 6.54 Å². The lowest BCUT2D eigenvalue weighted by Gasteiger charge is -2.10. The molecule has 34 heavy (non-hydrogen) atoms. The minimum absolute atomic E-state index is 0.00309. The largest absolute Gasteiger partial charge is 0.368 e. The number of nitrogens with two attached hydrogens (primary N) is 1. The Labute approximate surface area is 194 Å². The minimum atomic E-state index is -0.326. The number of nitrogens with zero attached hydrogens (tertiary/aromatic N) is 3. The topological polar surface area (TPSA) is 135 Å². The van der Waals surface area contributed by atoms with Crippen LogP contribution >= 0.6 is 0 Å². The van der Waals surface area contributed by atoms with Crippen LogP contribution in [0.5, 0.6) is 0 Å². The summed E-state index contributed by atoms with van der Waals surface area (Å²) in [6, 6.07) is 19.5. The number of rotatable bonds is 8. The predicted octanol–water partition coefficient (Wildman–Crippen LogP) is 3.82. The normalized spacial score (nSPS) is 10.4. The van der Waals surface area contributed by atoms with E-state index in [1.54, 1.807) is 60.7 Å². The lowest BCUT2D eigenvalue weighted by molar-refractivity contribution is 0.0950. The van der Waals surface area contributed by atoms with E-state index in [0.29, 0.717) is 22.5 Å². The van der Waals surface area contributed by atoms with Crippen molar-refractivity contribution in [2.75, 3.05) is 16.4 Å². The molecule has 1 aromatic heterocycles. The van der Waals surface area contributed by atoms with E-state index in [1.165, 1.54) is 12.1 Å². The Morgan fingerprint density at radius 1 is 0.882 bits per heavy atom. The number of carbonyl (C=O) groups is 2. The van der Waals surface area contributed by atoms with Gasteiger partial charge in [-0.2, -0.15) is 15.0 Å². The number of carbonyl (C=O) groups excluding carboxylic acids is 2. The quantitative estimate of drug-likeness (QED) is 0.293. The average Bonchev–Trinajstić information content (AvgIpc) is 2.84. The molecule has 0 saturated heterocycles. The molecule has 0 bridgehead atoms. The lowest BCUT2D eigenvalue weighted by Crippen LogP contribution is -2.22. The summed E-state index contributed by atoms with van der Waals surface area (Å²) in [4.78, 5) is 35.8. The van der Waals surface area contributed by atoms with E-state index in [2.05, 4.69) is 30.9 Å². The molecule has 0 spiro atoms.